The number of ether oxygens (including phenoxy) is 2. The minimum Gasteiger partial charge on any atom is -0.490 e. The number of halogens is 2. The monoisotopic (exact) mass is 321 g/mol. The van der Waals surface area contributed by atoms with Crippen molar-refractivity contribution in [3.8, 4) is 11.5 Å². The molecule has 1 N–H and O–H groups in total. The van der Waals surface area contributed by atoms with Crippen LogP contribution in [0.25, 0.3) is 0 Å². The van der Waals surface area contributed by atoms with Crippen LogP contribution in [0.15, 0.2) is 36.4 Å². The van der Waals surface area contributed by atoms with E-state index < -0.39 is 5.82 Å². The second-order valence-corrected chi connectivity index (χ2v) is 5.17. The molecule has 1 aliphatic rings. The van der Waals surface area contributed by atoms with E-state index in [4.69, 9.17) is 21.1 Å². The smallest absolute Gasteiger partial charge is 0.259 e. The predicted octanol–water partition coefficient (Wildman–Crippen LogP) is 3.89. The van der Waals surface area contributed by atoms with Gasteiger partial charge in [0.1, 0.15) is 5.82 Å². The molecule has 0 fully saturated rings. The average molecular weight is 322 g/mol. The highest BCUT2D eigenvalue weighted by molar-refractivity contribution is 6.31. The molecule has 6 heteroatoms. The van der Waals surface area contributed by atoms with Gasteiger partial charge in [0, 0.05) is 12.1 Å². The van der Waals surface area contributed by atoms with Crippen molar-refractivity contribution in [3.63, 3.8) is 0 Å². The first kappa shape index (κ1) is 14.7. The number of fused-ring (bicyclic) bond motifs is 1. The fourth-order valence-electron chi connectivity index (χ4n) is 2.14. The number of carbonyl (C=O) groups excluding carboxylic acids is 1. The molecule has 1 amide bonds. The molecule has 0 aromatic heterocycles. The SMILES string of the molecule is O=C(Nc1ccc(F)c(Cl)c1)c1cccc2c1OCCCO2. The molecule has 0 spiro atoms. The molecule has 114 valence electrons. The fourth-order valence-corrected chi connectivity index (χ4v) is 2.33. The zero-order chi connectivity index (χ0) is 15.5. The molecular formula is C16H13ClFNO3. The highest BCUT2D eigenvalue weighted by Crippen LogP contribution is 2.33. The quantitative estimate of drug-likeness (QED) is 0.912. The van der Waals surface area contributed by atoms with Gasteiger partial charge < -0.3 is 14.8 Å². The zero-order valence-corrected chi connectivity index (χ0v) is 12.3. The first-order chi connectivity index (χ1) is 10.6. The summed E-state index contributed by atoms with van der Waals surface area (Å²) in [7, 11) is 0. The van der Waals surface area contributed by atoms with Crippen LogP contribution in [0.1, 0.15) is 16.8 Å². The van der Waals surface area contributed by atoms with Crippen LogP contribution in [-0.4, -0.2) is 19.1 Å². The fraction of sp³-hybridized carbons (Fsp3) is 0.188. The summed E-state index contributed by atoms with van der Waals surface area (Å²) in [5, 5.41) is 2.62. The number of nitrogens with one attached hydrogen (secondary N) is 1. The van der Waals surface area contributed by atoms with Crippen LogP contribution in [0.5, 0.6) is 11.5 Å². The van der Waals surface area contributed by atoms with Gasteiger partial charge in [0.15, 0.2) is 11.5 Å². The molecule has 1 heterocycles. The Bertz CT molecular complexity index is 721. The van der Waals surface area contributed by atoms with Crippen molar-refractivity contribution in [2.24, 2.45) is 0 Å². The van der Waals surface area contributed by atoms with Gasteiger partial charge in [-0.3, -0.25) is 4.79 Å². The van der Waals surface area contributed by atoms with Crippen molar-refractivity contribution < 1.29 is 18.7 Å². The van der Waals surface area contributed by atoms with Crippen LogP contribution in [-0.2, 0) is 0 Å². The first-order valence-corrected chi connectivity index (χ1v) is 7.18. The normalized spacial score (nSPS) is 13.4. The maximum absolute atomic E-state index is 13.1. The van der Waals surface area contributed by atoms with Gasteiger partial charge in [0.05, 0.1) is 23.8 Å². The number of amides is 1. The Kier molecular flexibility index (Phi) is 4.15. The summed E-state index contributed by atoms with van der Waals surface area (Å²) < 4.78 is 24.3. The molecule has 0 aliphatic carbocycles. The number of hydrogen-bond donors (Lipinski definition) is 1. The summed E-state index contributed by atoms with van der Waals surface area (Å²) in [6.07, 6.45) is 0.753. The third-order valence-corrected chi connectivity index (χ3v) is 3.48. The summed E-state index contributed by atoms with van der Waals surface area (Å²) in [4.78, 5) is 12.4. The summed E-state index contributed by atoms with van der Waals surface area (Å²) >= 11 is 5.71. The topological polar surface area (TPSA) is 47.6 Å². The van der Waals surface area contributed by atoms with E-state index in [0.717, 1.165) is 6.42 Å². The molecule has 0 bridgehead atoms. The van der Waals surface area contributed by atoms with Gasteiger partial charge in [-0.05, 0) is 30.3 Å². The summed E-state index contributed by atoms with van der Waals surface area (Å²) in [5.41, 5.74) is 0.767. The van der Waals surface area contributed by atoms with Crippen LogP contribution in [0.3, 0.4) is 0 Å². The number of anilines is 1. The van der Waals surface area contributed by atoms with E-state index >= 15 is 0 Å². The van der Waals surface area contributed by atoms with Crippen molar-refractivity contribution in [1.82, 2.24) is 0 Å². The molecule has 0 unspecified atom stereocenters. The Morgan fingerprint density at radius 2 is 2.00 bits per heavy atom. The van der Waals surface area contributed by atoms with Crippen molar-refractivity contribution in [2.45, 2.75) is 6.42 Å². The molecule has 0 atom stereocenters. The van der Waals surface area contributed by atoms with Crippen molar-refractivity contribution in [1.29, 1.82) is 0 Å². The highest BCUT2D eigenvalue weighted by Gasteiger charge is 2.19. The Balaban J connectivity index is 1.87. The highest BCUT2D eigenvalue weighted by atomic mass is 35.5. The molecule has 0 radical (unpaired) electrons. The van der Waals surface area contributed by atoms with Gasteiger partial charge in [-0.15, -0.1) is 0 Å². The van der Waals surface area contributed by atoms with E-state index in [1.165, 1.54) is 18.2 Å². The van der Waals surface area contributed by atoms with E-state index in [-0.39, 0.29) is 10.9 Å². The second-order valence-electron chi connectivity index (χ2n) is 4.77. The van der Waals surface area contributed by atoms with Crippen LogP contribution in [0, 0.1) is 5.82 Å². The third-order valence-electron chi connectivity index (χ3n) is 3.19. The molecule has 0 saturated carbocycles. The minimum atomic E-state index is -0.537. The Labute approximate surface area is 131 Å². The summed E-state index contributed by atoms with van der Waals surface area (Å²) in [5.74, 6) is 0.0583. The number of para-hydroxylation sites is 1. The molecule has 2 aromatic carbocycles. The van der Waals surface area contributed by atoms with Crippen LogP contribution in [0.4, 0.5) is 10.1 Å². The van der Waals surface area contributed by atoms with Gasteiger partial charge in [-0.25, -0.2) is 4.39 Å². The molecule has 2 aromatic rings. The maximum atomic E-state index is 13.1. The van der Waals surface area contributed by atoms with E-state index in [9.17, 15) is 9.18 Å². The zero-order valence-electron chi connectivity index (χ0n) is 11.6. The van der Waals surface area contributed by atoms with E-state index in [2.05, 4.69) is 5.32 Å². The number of rotatable bonds is 2. The second kappa shape index (κ2) is 6.23. The van der Waals surface area contributed by atoms with Crippen LogP contribution >= 0.6 is 11.6 Å². The molecule has 22 heavy (non-hydrogen) atoms. The lowest BCUT2D eigenvalue weighted by Crippen LogP contribution is -2.14. The van der Waals surface area contributed by atoms with E-state index in [0.29, 0.717) is 36.0 Å². The van der Waals surface area contributed by atoms with Gasteiger partial charge in [-0.1, -0.05) is 17.7 Å². The van der Waals surface area contributed by atoms with Crippen molar-refractivity contribution >= 4 is 23.2 Å². The molecule has 1 aliphatic heterocycles. The van der Waals surface area contributed by atoms with Gasteiger partial charge >= 0.3 is 0 Å². The van der Waals surface area contributed by atoms with E-state index in [1.54, 1.807) is 18.2 Å². The van der Waals surface area contributed by atoms with Crippen molar-refractivity contribution in [2.75, 3.05) is 18.5 Å². The Morgan fingerprint density at radius 1 is 1.18 bits per heavy atom. The summed E-state index contributed by atoms with van der Waals surface area (Å²) in [6, 6.07) is 9.12. The molecule has 4 nitrogen and oxygen atoms in total. The molecule has 3 rings (SSSR count). The first-order valence-electron chi connectivity index (χ1n) is 6.80. The van der Waals surface area contributed by atoms with Crippen LogP contribution < -0.4 is 14.8 Å². The lowest BCUT2D eigenvalue weighted by atomic mass is 10.1. The lowest BCUT2D eigenvalue weighted by molar-refractivity contribution is 0.102. The minimum absolute atomic E-state index is 0.0516. The number of benzene rings is 2. The van der Waals surface area contributed by atoms with Gasteiger partial charge in [-0.2, -0.15) is 0 Å². The van der Waals surface area contributed by atoms with E-state index in [1.807, 2.05) is 0 Å². The third kappa shape index (κ3) is 2.99. The standard InChI is InChI=1S/C16H13ClFNO3/c17-12-9-10(5-6-13(12)18)19-16(20)11-3-1-4-14-15(11)22-8-2-7-21-14/h1,3-6,9H,2,7-8H2,(H,19,20). The summed E-state index contributed by atoms with van der Waals surface area (Å²) in [6.45, 7) is 1.03. The molecule has 0 saturated heterocycles. The maximum Gasteiger partial charge on any atom is 0.259 e. The van der Waals surface area contributed by atoms with Gasteiger partial charge in [0.2, 0.25) is 0 Å². The Morgan fingerprint density at radius 3 is 2.82 bits per heavy atom. The lowest BCUT2D eigenvalue weighted by Gasteiger charge is -2.12. The molecular weight excluding hydrogens is 309 g/mol. The average Bonchev–Trinajstić information content (AvgIpc) is 2.76. The Hall–Kier alpha value is -2.27. The van der Waals surface area contributed by atoms with Crippen LogP contribution in [0.2, 0.25) is 5.02 Å². The predicted molar refractivity (Wildman–Crippen MR) is 81.4 cm³/mol. The van der Waals surface area contributed by atoms with Crippen molar-refractivity contribution in [3.05, 3.63) is 52.8 Å². The van der Waals surface area contributed by atoms with Gasteiger partial charge in [0.25, 0.3) is 5.91 Å². The largest absolute Gasteiger partial charge is 0.490 e. The number of carbonyl (C=O) groups is 1. The number of hydrogen-bond acceptors (Lipinski definition) is 3.